The molecular weight excluding hydrogens is 352 g/mol. The van der Waals surface area contributed by atoms with E-state index in [0.29, 0.717) is 21.7 Å². The number of hydrogen-bond donors (Lipinski definition) is 1. The molecule has 3 unspecified atom stereocenters. The Morgan fingerprint density at radius 3 is 2.65 bits per heavy atom. The van der Waals surface area contributed by atoms with E-state index >= 15 is 0 Å². The monoisotopic (exact) mass is 382 g/mol. The Morgan fingerprint density at radius 1 is 1.26 bits per heavy atom. The molecule has 5 rings (SSSR count). The fourth-order valence-corrected chi connectivity index (χ4v) is 8.23. The van der Waals surface area contributed by atoms with Crippen LogP contribution in [0.3, 0.4) is 0 Å². The van der Waals surface area contributed by atoms with Crippen molar-refractivity contribution < 1.29 is 4.79 Å². The van der Waals surface area contributed by atoms with Gasteiger partial charge in [0.25, 0.3) is 0 Å². The molecule has 5 fully saturated rings. The van der Waals surface area contributed by atoms with Crippen molar-refractivity contribution >= 4 is 21.8 Å². The van der Waals surface area contributed by atoms with E-state index in [4.69, 9.17) is 0 Å². The van der Waals surface area contributed by atoms with Crippen LogP contribution in [0, 0.1) is 17.3 Å². The van der Waals surface area contributed by atoms with Crippen molar-refractivity contribution in [1.29, 1.82) is 0 Å². The van der Waals surface area contributed by atoms with Crippen LogP contribution in [0.2, 0.25) is 0 Å². The van der Waals surface area contributed by atoms with Crippen molar-refractivity contribution in [3.63, 3.8) is 0 Å². The zero-order chi connectivity index (χ0) is 16.1. The average Bonchev–Trinajstić information content (AvgIpc) is 2.89. The fraction of sp³-hybridized carbons (Fsp3) is 0.947. The first kappa shape index (κ1) is 16.4. The molecule has 0 aromatic rings. The second kappa shape index (κ2) is 6.01. The molecule has 5 aliphatic rings. The maximum absolute atomic E-state index is 12.6. The van der Waals surface area contributed by atoms with Crippen LogP contribution in [0.1, 0.15) is 64.7 Å². The summed E-state index contributed by atoms with van der Waals surface area (Å²) >= 11 is 4.05. The van der Waals surface area contributed by atoms with Crippen molar-refractivity contribution in [2.45, 2.75) is 75.1 Å². The number of nitrogens with zero attached hydrogens (tertiary/aromatic N) is 1. The van der Waals surface area contributed by atoms with Gasteiger partial charge in [-0.25, -0.2) is 0 Å². The quantitative estimate of drug-likeness (QED) is 0.734. The summed E-state index contributed by atoms with van der Waals surface area (Å²) < 4.78 is 0.363. The molecule has 23 heavy (non-hydrogen) atoms. The maximum Gasteiger partial charge on any atom is 0.220 e. The van der Waals surface area contributed by atoms with Gasteiger partial charge in [-0.15, -0.1) is 0 Å². The number of nitrogens with one attached hydrogen (secondary N) is 1. The Kier molecular flexibility index (Phi) is 4.28. The number of likely N-dealkylation sites (N-methyl/N-ethyl adjacent to an activating group) is 1. The summed E-state index contributed by atoms with van der Waals surface area (Å²) in [4.78, 5) is 15.2. The highest BCUT2D eigenvalue weighted by Crippen LogP contribution is 2.65. The minimum atomic E-state index is 0.303. The number of halogens is 1. The SMILES string of the molecule is CCN1CCCC1CNC(=O)CC12CC3CC(CC(Br)(C3)C1)C2. The van der Waals surface area contributed by atoms with E-state index < -0.39 is 0 Å². The lowest BCUT2D eigenvalue weighted by Crippen LogP contribution is -2.54. The predicted molar refractivity (Wildman–Crippen MR) is 96.7 cm³/mol. The Hall–Kier alpha value is -0.0900. The van der Waals surface area contributed by atoms with Crippen LogP contribution < -0.4 is 5.32 Å². The molecule has 1 N–H and O–H groups in total. The van der Waals surface area contributed by atoms with Crippen molar-refractivity contribution in [3.05, 3.63) is 0 Å². The molecule has 130 valence electrons. The van der Waals surface area contributed by atoms with E-state index in [2.05, 4.69) is 33.1 Å². The van der Waals surface area contributed by atoms with Gasteiger partial charge in [-0.2, -0.15) is 0 Å². The van der Waals surface area contributed by atoms with E-state index in [-0.39, 0.29) is 0 Å². The Morgan fingerprint density at radius 2 is 2.00 bits per heavy atom. The number of hydrogen-bond acceptors (Lipinski definition) is 2. The van der Waals surface area contributed by atoms with Gasteiger partial charge in [-0.3, -0.25) is 9.69 Å². The maximum atomic E-state index is 12.6. The molecule has 1 heterocycles. The van der Waals surface area contributed by atoms with Gasteiger partial charge >= 0.3 is 0 Å². The zero-order valence-corrected chi connectivity index (χ0v) is 16.0. The van der Waals surface area contributed by atoms with Crippen LogP contribution in [-0.4, -0.2) is 40.8 Å². The summed E-state index contributed by atoms with van der Waals surface area (Å²) in [6.07, 6.45) is 11.2. The summed E-state index contributed by atoms with van der Waals surface area (Å²) in [7, 11) is 0. The number of carbonyl (C=O) groups is 1. The summed E-state index contributed by atoms with van der Waals surface area (Å²) in [5.74, 6) is 2.05. The van der Waals surface area contributed by atoms with Crippen LogP contribution >= 0.6 is 15.9 Å². The first-order valence-corrected chi connectivity index (χ1v) is 10.5. The highest BCUT2D eigenvalue weighted by molar-refractivity contribution is 9.10. The Bertz CT molecular complexity index is 466. The van der Waals surface area contributed by atoms with Gasteiger partial charge in [-0.1, -0.05) is 22.9 Å². The van der Waals surface area contributed by atoms with Gasteiger partial charge in [0, 0.05) is 23.3 Å². The molecule has 1 aliphatic heterocycles. The van der Waals surface area contributed by atoms with E-state index in [1.54, 1.807) is 0 Å². The molecular formula is C19H31BrN2O. The lowest BCUT2D eigenvalue weighted by Gasteiger charge is -2.60. The minimum Gasteiger partial charge on any atom is -0.355 e. The van der Waals surface area contributed by atoms with E-state index in [0.717, 1.165) is 31.3 Å². The van der Waals surface area contributed by atoms with E-state index in [1.165, 1.54) is 57.9 Å². The fourth-order valence-electron chi connectivity index (χ4n) is 6.72. The van der Waals surface area contributed by atoms with Crippen molar-refractivity contribution in [1.82, 2.24) is 10.2 Å². The third-order valence-corrected chi connectivity index (χ3v) is 8.01. The average molecular weight is 383 g/mol. The molecule has 4 saturated carbocycles. The number of carbonyl (C=O) groups excluding carboxylic acids is 1. The van der Waals surface area contributed by atoms with Gasteiger partial charge in [0.05, 0.1) is 0 Å². The van der Waals surface area contributed by atoms with Crippen molar-refractivity contribution in [3.8, 4) is 0 Å². The third kappa shape index (κ3) is 3.22. The first-order chi connectivity index (χ1) is 11.0. The topological polar surface area (TPSA) is 32.3 Å². The summed E-state index contributed by atoms with van der Waals surface area (Å²) in [6, 6.07) is 0.572. The summed E-state index contributed by atoms with van der Waals surface area (Å²) in [6.45, 7) is 5.40. The van der Waals surface area contributed by atoms with Gasteiger partial charge in [-0.05, 0) is 81.7 Å². The van der Waals surface area contributed by atoms with Gasteiger partial charge < -0.3 is 5.32 Å². The normalized spacial score (nSPS) is 45.6. The summed E-state index contributed by atoms with van der Waals surface area (Å²) in [5.41, 5.74) is 0.303. The van der Waals surface area contributed by atoms with Crippen LogP contribution in [0.4, 0.5) is 0 Å². The Balaban J connectivity index is 1.34. The molecule has 0 radical (unpaired) electrons. The highest BCUT2D eigenvalue weighted by Gasteiger charge is 2.57. The number of alkyl halides is 1. The molecule has 0 aromatic carbocycles. The lowest BCUT2D eigenvalue weighted by molar-refractivity contribution is -0.128. The highest BCUT2D eigenvalue weighted by atomic mass is 79.9. The van der Waals surface area contributed by atoms with Crippen molar-refractivity contribution in [2.75, 3.05) is 19.6 Å². The third-order valence-electron chi connectivity index (χ3n) is 7.09. The molecule has 3 atom stereocenters. The van der Waals surface area contributed by atoms with Crippen LogP contribution in [0.5, 0.6) is 0 Å². The second-order valence-corrected chi connectivity index (χ2v) is 10.7. The van der Waals surface area contributed by atoms with E-state index in [9.17, 15) is 4.79 Å². The van der Waals surface area contributed by atoms with Gasteiger partial charge in [0.1, 0.15) is 0 Å². The molecule has 3 nitrogen and oxygen atoms in total. The standard InChI is InChI=1S/C19H31BrN2O/c1-2-22-5-3-4-16(22)12-21-17(23)11-18-7-14-6-15(8-18)10-19(20,9-14)13-18/h14-16H,2-13H2,1H3,(H,21,23). The molecule has 1 saturated heterocycles. The molecule has 0 aromatic heterocycles. The minimum absolute atomic E-state index is 0.303. The Labute approximate surface area is 149 Å². The van der Waals surface area contributed by atoms with Crippen LogP contribution in [-0.2, 0) is 4.79 Å². The largest absolute Gasteiger partial charge is 0.355 e. The second-order valence-electron chi connectivity index (χ2n) is 9.02. The molecule has 0 spiro atoms. The first-order valence-electron chi connectivity index (χ1n) is 9.69. The van der Waals surface area contributed by atoms with Crippen LogP contribution in [0.25, 0.3) is 0 Å². The molecule has 1 amide bonds. The number of amides is 1. The molecule has 4 bridgehead atoms. The van der Waals surface area contributed by atoms with E-state index in [1.807, 2.05) is 0 Å². The van der Waals surface area contributed by atoms with Crippen molar-refractivity contribution in [2.24, 2.45) is 17.3 Å². The zero-order valence-electron chi connectivity index (χ0n) is 14.5. The molecule has 4 aliphatic carbocycles. The smallest absolute Gasteiger partial charge is 0.220 e. The molecule has 4 heteroatoms. The van der Waals surface area contributed by atoms with Crippen LogP contribution in [0.15, 0.2) is 0 Å². The predicted octanol–water partition coefficient (Wildman–Crippen LogP) is 3.71. The van der Waals surface area contributed by atoms with Gasteiger partial charge in [0.15, 0.2) is 0 Å². The summed E-state index contributed by atoms with van der Waals surface area (Å²) in [5, 5.41) is 3.28. The number of likely N-dealkylation sites (tertiary alicyclic amines) is 1. The van der Waals surface area contributed by atoms with Gasteiger partial charge in [0.2, 0.25) is 5.91 Å². The number of rotatable bonds is 5. The lowest BCUT2D eigenvalue weighted by atomic mass is 9.48.